The normalized spacial score (nSPS) is 21.1. The molecule has 9 nitrogen and oxygen atoms in total. The van der Waals surface area contributed by atoms with Crippen LogP contribution in [-0.4, -0.2) is 53.1 Å². The van der Waals surface area contributed by atoms with Crippen molar-refractivity contribution in [2.75, 3.05) is 31.6 Å². The maximum absolute atomic E-state index is 12.9. The van der Waals surface area contributed by atoms with Gasteiger partial charge in [-0.1, -0.05) is 0 Å². The Hall–Kier alpha value is -2.47. The van der Waals surface area contributed by atoms with E-state index in [1.165, 1.54) is 0 Å². The van der Waals surface area contributed by atoms with Crippen molar-refractivity contribution < 1.29 is 27.8 Å². The summed E-state index contributed by atoms with van der Waals surface area (Å²) in [5, 5.41) is 25.0. The molecule has 1 aliphatic carbocycles. The van der Waals surface area contributed by atoms with E-state index in [-0.39, 0.29) is 12.6 Å². The standard InChI is InChI=1S/C15H17F3N4O5/c16-15(17,18)9-5-12(21(23)24)14(13(6-9)22(25)26)19-7-11-8-20(3-4-27-11)10-1-2-10/h5-6,10-11,19H,1-4,7-8H2. The third-order valence-corrected chi connectivity index (χ3v) is 4.56. The molecule has 1 heterocycles. The number of nitrogens with zero attached hydrogens (tertiary/aromatic N) is 3. The van der Waals surface area contributed by atoms with Gasteiger partial charge in [-0.3, -0.25) is 25.1 Å². The summed E-state index contributed by atoms with van der Waals surface area (Å²) in [5.74, 6) is 0. The van der Waals surface area contributed by atoms with Gasteiger partial charge in [-0.05, 0) is 12.8 Å². The van der Waals surface area contributed by atoms with Crippen molar-refractivity contribution in [2.24, 2.45) is 0 Å². The molecule has 0 amide bonds. The summed E-state index contributed by atoms with van der Waals surface area (Å²) in [4.78, 5) is 22.5. The van der Waals surface area contributed by atoms with E-state index in [1.54, 1.807) is 0 Å². The van der Waals surface area contributed by atoms with Crippen LogP contribution in [0.2, 0.25) is 0 Å². The number of benzene rings is 1. The van der Waals surface area contributed by atoms with E-state index in [0.717, 1.165) is 19.4 Å². The van der Waals surface area contributed by atoms with Crippen LogP contribution in [0.15, 0.2) is 12.1 Å². The van der Waals surface area contributed by atoms with Crippen LogP contribution in [0, 0.1) is 20.2 Å². The summed E-state index contributed by atoms with van der Waals surface area (Å²) in [6, 6.07) is 1.09. The number of alkyl halides is 3. The van der Waals surface area contributed by atoms with Crippen molar-refractivity contribution in [1.82, 2.24) is 4.90 Å². The zero-order valence-electron chi connectivity index (χ0n) is 14.1. The number of hydrogen-bond donors (Lipinski definition) is 1. The van der Waals surface area contributed by atoms with E-state index < -0.39 is 38.6 Å². The molecule has 0 bridgehead atoms. The molecule has 1 unspecified atom stereocenters. The first-order valence-electron chi connectivity index (χ1n) is 8.30. The van der Waals surface area contributed by atoms with E-state index >= 15 is 0 Å². The molecule has 12 heteroatoms. The fraction of sp³-hybridized carbons (Fsp3) is 0.600. The second-order valence-electron chi connectivity index (χ2n) is 6.50. The van der Waals surface area contributed by atoms with E-state index in [1.807, 2.05) is 0 Å². The predicted molar refractivity (Wildman–Crippen MR) is 87.6 cm³/mol. The highest BCUT2D eigenvalue weighted by molar-refractivity contribution is 5.75. The van der Waals surface area contributed by atoms with Gasteiger partial charge in [-0.25, -0.2) is 0 Å². The molecule has 0 aromatic heterocycles. The summed E-state index contributed by atoms with van der Waals surface area (Å²) in [6.07, 6.45) is -3.13. The number of nitro benzene ring substituents is 2. The van der Waals surface area contributed by atoms with Crippen LogP contribution in [0.1, 0.15) is 18.4 Å². The molecule has 2 aliphatic rings. The fourth-order valence-corrected chi connectivity index (χ4v) is 3.10. The van der Waals surface area contributed by atoms with Crippen LogP contribution < -0.4 is 5.32 Å². The Bertz CT molecular complexity index is 718. The highest BCUT2D eigenvalue weighted by atomic mass is 19.4. The number of anilines is 1. The third-order valence-electron chi connectivity index (χ3n) is 4.56. The Morgan fingerprint density at radius 3 is 2.26 bits per heavy atom. The lowest BCUT2D eigenvalue weighted by Crippen LogP contribution is -2.46. The number of nitrogens with one attached hydrogen (secondary N) is 1. The molecule has 27 heavy (non-hydrogen) atoms. The van der Waals surface area contributed by atoms with Gasteiger partial charge in [-0.2, -0.15) is 13.2 Å². The van der Waals surface area contributed by atoms with E-state index in [4.69, 9.17) is 4.74 Å². The van der Waals surface area contributed by atoms with Crippen LogP contribution in [0.3, 0.4) is 0 Å². The minimum absolute atomic E-state index is 0.0102. The van der Waals surface area contributed by atoms with E-state index in [2.05, 4.69) is 10.2 Å². The summed E-state index contributed by atoms with van der Waals surface area (Å²) in [5.41, 5.74) is -3.98. The molecule has 148 valence electrons. The van der Waals surface area contributed by atoms with Gasteiger partial charge in [0.15, 0.2) is 5.69 Å². The van der Waals surface area contributed by atoms with Gasteiger partial charge >= 0.3 is 6.18 Å². The molecule has 3 rings (SSSR count). The van der Waals surface area contributed by atoms with Gasteiger partial charge in [0, 0.05) is 37.8 Å². The first kappa shape index (κ1) is 19.3. The number of morpholine rings is 1. The second kappa shape index (κ2) is 7.27. The Morgan fingerprint density at radius 1 is 1.19 bits per heavy atom. The molecule has 1 saturated heterocycles. The average Bonchev–Trinajstić information content (AvgIpc) is 3.43. The number of nitro groups is 2. The first-order valence-corrected chi connectivity index (χ1v) is 8.30. The van der Waals surface area contributed by atoms with E-state index in [9.17, 15) is 33.4 Å². The predicted octanol–water partition coefficient (Wildman–Crippen LogP) is 2.80. The van der Waals surface area contributed by atoms with Crippen LogP contribution in [-0.2, 0) is 10.9 Å². The van der Waals surface area contributed by atoms with E-state index in [0.29, 0.717) is 31.3 Å². The zero-order valence-corrected chi connectivity index (χ0v) is 14.1. The van der Waals surface area contributed by atoms with Gasteiger partial charge in [-0.15, -0.1) is 0 Å². The van der Waals surface area contributed by atoms with Crippen molar-refractivity contribution in [3.8, 4) is 0 Å². The second-order valence-corrected chi connectivity index (χ2v) is 6.50. The van der Waals surface area contributed by atoms with Crippen LogP contribution >= 0.6 is 0 Å². The number of hydrogen-bond acceptors (Lipinski definition) is 7. The molecular formula is C15H17F3N4O5. The van der Waals surface area contributed by atoms with Crippen molar-refractivity contribution >= 4 is 17.1 Å². The lowest BCUT2D eigenvalue weighted by atomic mass is 10.1. The molecule has 1 N–H and O–H groups in total. The Labute approximate surface area is 151 Å². The SMILES string of the molecule is O=[N+]([O-])c1cc(C(F)(F)F)cc([N+](=O)[O-])c1NCC1CN(C2CC2)CCO1. The molecule has 1 saturated carbocycles. The highest BCUT2D eigenvalue weighted by Crippen LogP contribution is 2.41. The lowest BCUT2D eigenvalue weighted by molar-refractivity contribution is -0.392. The maximum Gasteiger partial charge on any atom is 0.416 e. The molecule has 2 fully saturated rings. The summed E-state index contributed by atoms with van der Waals surface area (Å²) in [7, 11) is 0. The largest absolute Gasteiger partial charge is 0.416 e. The van der Waals surface area contributed by atoms with Gasteiger partial charge in [0.05, 0.1) is 28.1 Å². The fourth-order valence-electron chi connectivity index (χ4n) is 3.10. The summed E-state index contributed by atoms with van der Waals surface area (Å²) >= 11 is 0. The monoisotopic (exact) mass is 390 g/mol. The van der Waals surface area contributed by atoms with Gasteiger partial charge in [0.25, 0.3) is 11.4 Å². The van der Waals surface area contributed by atoms with Gasteiger partial charge in [0.1, 0.15) is 0 Å². The number of halogens is 3. The third kappa shape index (κ3) is 4.45. The Morgan fingerprint density at radius 2 is 1.78 bits per heavy atom. The molecule has 1 aliphatic heterocycles. The average molecular weight is 390 g/mol. The quantitative estimate of drug-likeness (QED) is 0.587. The highest BCUT2D eigenvalue weighted by Gasteiger charge is 2.38. The van der Waals surface area contributed by atoms with Crippen LogP contribution in [0.25, 0.3) is 0 Å². The van der Waals surface area contributed by atoms with Crippen molar-refractivity contribution in [3.05, 3.63) is 37.9 Å². The number of rotatable bonds is 6. The maximum atomic E-state index is 12.9. The molecule has 1 aromatic rings. The van der Waals surface area contributed by atoms with Crippen LogP contribution in [0.4, 0.5) is 30.2 Å². The van der Waals surface area contributed by atoms with Crippen molar-refractivity contribution in [1.29, 1.82) is 0 Å². The van der Waals surface area contributed by atoms with Gasteiger partial charge < -0.3 is 10.1 Å². The van der Waals surface area contributed by atoms with Gasteiger partial charge in [0.2, 0.25) is 0 Å². The van der Waals surface area contributed by atoms with Crippen molar-refractivity contribution in [3.63, 3.8) is 0 Å². The Kier molecular flexibility index (Phi) is 5.20. The number of ether oxygens (including phenoxy) is 1. The molecule has 1 aromatic carbocycles. The lowest BCUT2D eigenvalue weighted by Gasteiger charge is -2.33. The molecule has 0 spiro atoms. The van der Waals surface area contributed by atoms with Crippen molar-refractivity contribution in [2.45, 2.75) is 31.2 Å². The zero-order chi connectivity index (χ0) is 19.8. The molecule has 0 radical (unpaired) electrons. The summed E-state index contributed by atoms with van der Waals surface area (Å²) in [6.45, 7) is 1.79. The topological polar surface area (TPSA) is 111 Å². The molecular weight excluding hydrogens is 373 g/mol. The summed E-state index contributed by atoms with van der Waals surface area (Å²) < 4.78 is 44.3. The smallest absolute Gasteiger partial charge is 0.374 e. The van der Waals surface area contributed by atoms with Crippen LogP contribution in [0.5, 0.6) is 0 Å². The first-order chi connectivity index (χ1) is 12.7. The Balaban J connectivity index is 1.84. The minimum atomic E-state index is -4.94. The minimum Gasteiger partial charge on any atom is -0.374 e. The molecule has 1 atom stereocenters.